The van der Waals surface area contributed by atoms with Crippen LogP contribution in [0.4, 0.5) is 0 Å². The molecule has 0 aromatic carbocycles. The molecule has 0 radical (unpaired) electrons. The molecule has 3 heteroatoms. The number of alkyl halides is 1. The number of hydrogen-bond donors (Lipinski definition) is 0. The topological polar surface area (TPSA) is 20.3 Å². The molecule has 0 saturated heterocycles. The van der Waals surface area contributed by atoms with Crippen LogP contribution in [0.2, 0.25) is 0 Å². The second-order valence-corrected chi connectivity index (χ2v) is 4.52. The van der Waals surface area contributed by atoms with Gasteiger partial charge in [0.1, 0.15) is 0 Å². The third-order valence-electron chi connectivity index (χ3n) is 2.52. The fourth-order valence-electron chi connectivity index (χ4n) is 1.51. The molecule has 2 aliphatic carbocycles. The highest BCUT2D eigenvalue weighted by atomic mass is 79.9. The molecular formula is C9H14BrNO. The first-order valence-corrected chi connectivity index (χ1v) is 5.81. The van der Waals surface area contributed by atoms with Crippen LogP contribution in [0.25, 0.3) is 0 Å². The first-order chi connectivity index (χ1) is 5.83. The number of carbonyl (C=O) groups excluding carboxylic acids is 1. The van der Waals surface area contributed by atoms with Gasteiger partial charge in [-0.15, -0.1) is 0 Å². The molecule has 0 heterocycles. The van der Waals surface area contributed by atoms with Crippen molar-refractivity contribution in [3.05, 3.63) is 0 Å². The summed E-state index contributed by atoms with van der Waals surface area (Å²) < 4.78 is 0. The van der Waals surface area contributed by atoms with Gasteiger partial charge in [-0.2, -0.15) is 0 Å². The van der Waals surface area contributed by atoms with Gasteiger partial charge in [0, 0.05) is 23.8 Å². The normalized spacial score (nSPS) is 22.4. The third-order valence-corrected chi connectivity index (χ3v) is 2.88. The zero-order valence-corrected chi connectivity index (χ0v) is 8.72. The molecule has 12 heavy (non-hydrogen) atoms. The zero-order chi connectivity index (χ0) is 8.55. The number of rotatable bonds is 4. The van der Waals surface area contributed by atoms with Crippen LogP contribution in [-0.2, 0) is 4.79 Å². The van der Waals surface area contributed by atoms with E-state index in [2.05, 4.69) is 20.8 Å². The Hall–Kier alpha value is -0.0500. The van der Waals surface area contributed by atoms with Crippen LogP contribution in [0, 0.1) is 5.92 Å². The molecule has 0 aromatic heterocycles. The van der Waals surface area contributed by atoms with Crippen molar-refractivity contribution < 1.29 is 4.79 Å². The van der Waals surface area contributed by atoms with Crippen LogP contribution < -0.4 is 0 Å². The van der Waals surface area contributed by atoms with Crippen LogP contribution >= 0.6 is 15.9 Å². The Balaban J connectivity index is 1.89. The maximum atomic E-state index is 11.7. The Morgan fingerprint density at radius 1 is 1.33 bits per heavy atom. The van der Waals surface area contributed by atoms with Crippen molar-refractivity contribution >= 4 is 21.8 Å². The van der Waals surface area contributed by atoms with Gasteiger partial charge in [0.05, 0.1) is 0 Å². The number of hydrogen-bond acceptors (Lipinski definition) is 1. The van der Waals surface area contributed by atoms with E-state index in [9.17, 15) is 4.79 Å². The minimum Gasteiger partial charge on any atom is -0.339 e. The van der Waals surface area contributed by atoms with Crippen LogP contribution in [0.5, 0.6) is 0 Å². The zero-order valence-electron chi connectivity index (χ0n) is 7.13. The number of nitrogens with zero attached hydrogens (tertiary/aromatic N) is 1. The third kappa shape index (κ3) is 1.82. The Labute approximate surface area is 81.4 Å². The summed E-state index contributed by atoms with van der Waals surface area (Å²) in [4.78, 5) is 13.8. The van der Waals surface area contributed by atoms with E-state index in [1.54, 1.807) is 0 Å². The lowest BCUT2D eigenvalue weighted by Gasteiger charge is -2.20. The predicted molar refractivity (Wildman–Crippen MR) is 51.3 cm³/mol. The SMILES string of the molecule is O=C(C1CC1)N(CCBr)C1CC1. The van der Waals surface area contributed by atoms with E-state index in [1.165, 1.54) is 12.8 Å². The summed E-state index contributed by atoms with van der Waals surface area (Å²) in [5, 5.41) is 0.919. The molecule has 0 spiro atoms. The molecule has 0 atom stereocenters. The van der Waals surface area contributed by atoms with Crippen molar-refractivity contribution in [2.45, 2.75) is 31.7 Å². The molecule has 0 unspecified atom stereocenters. The quantitative estimate of drug-likeness (QED) is 0.676. The van der Waals surface area contributed by atoms with E-state index >= 15 is 0 Å². The smallest absolute Gasteiger partial charge is 0.225 e. The number of amides is 1. The van der Waals surface area contributed by atoms with Gasteiger partial charge in [-0.3, -0.25) is 4.79 Å². The predicted octanol–water partition coefficient (Wildman–Crippen LogP) is 1.78. The minimum absolute atomic E-state index is 0.393. The standard InChI is InChI=1S/C9H14BrNO/c10-5-6-11(8-3-4-8)9(12)7-1-2-7/h7-8H,1-6H2. The first kappa shape index (κ1) is 8.54. The van der Waals surface area contributed by atoms with Crippen molar-refractivity contribution in [2.75, 3.05) is 11.9 Å². The molecule has 1 amide bonds. The van der Waals surface area contributed by atoms with Gasteiger partial charge in [0.2, 0.25) is 5.91 Å². The van der Waals surface area contributed by atoms with E-state index in [0.29, 0.717) is 17.9 Å². The molecule has 0 aliphatic heterocycles. The van der Waals surface area contributed by atoms with Crippen molar-refractivity contribution in [1.29, 1.82) is 0 Å². The second-order valence-electron chi connectivity index (χ2n) is 3.73. The van der Waals surface area contributed by atoms with E-state index in [4.69, 9.17) is 0 Å². The molecule has 0 N–H and O–H groups in total. The highest BCUT2D eigenvalue weighted by Crippen LogP contribution is 2.35. The summed E-state index contributed by atoms with van der Waals surface area (Å²) in [6.07, 6.45) is 4.71. The van der Waals surface area contributed by atoms with Crippen LogP contribution in [-0.4, -0.2) is 28.7 Å². The van der Waals surface area contributed by atoms with Crippen LogP contribution in [0.1, 0.15) is 25.7 Å². The van der Waals surface area contributed by atoms with E-state index in [0.717, 1.165) is 24.7 Å². The molecular weight excluding hydrogens is 218 g/mol. The number of carbonyl (C=O) groups is 1. The molecule has 2 rings (SSSR count). The maximum absolute atomic E-state index is 11.7. The Kier molecular flexibility index (Phi) is 2.40. The van der Waals surface area contributed by atoms with Gasteiger partial charge >= 0.3 is 0 Å². The summed E-state index contributed by atoms with van der Waals surface area (Å²) in [7, 11) is 0. The first-order valence-electron chi connectivity index (χ1n) is 4.69. The molecule has 0 bridgehead atoms. The maximum Gasteiger partial charge on any atom is 0.225 e. The minimum atomic E-state index is 0.393. The fraction of sp³-hybridized carbons (Fsp3) is 0.889. The average Bonchev–Trinajstić information content (AvgIpc) is 2.88. The van der Waals surface area contributed by atoms with Crippen molar-refractivity contribution in [2.24, 2.45) is 5.92 Å². The molecule has 0 aromatic rings. The summed E-state index contributed by atoms with van der Waals surface area (Å²) in [5.74, 6) is 0.807. The Morgan fingerprint density at radius 2 is 2.00 bits per heavy atom. The molecule has 2 nitrogen and oxygen atoms in total. The highest BCUT2D eigenvalue weighted by Gasteiger charge is 2.39. The summed E-state index contributed by atoms with van der Waals surface area (Å²) in [6.45, 7) is 0.903. The van der Waals surface area contributed by atoms with Crippen molar-refractivity contribution in [1.82, 2.24) is 4.90 Å². The van der Waals surface area contributed by atoms with E-state index < -0.39 is 0 Å². The van der Waals surface area contributed by atoms with Crippen molar-refractivity contribution in [3.63, 3.8) is 0 Å². The Bertz CT molecular complexity index is 187. The lowest BCUT2D eigenvalue weighted by Crippen LogP contribution is -2.35. The molecule has 2 fully saturated rings. The van der Waals surface area contributed by atoms with Crippen LogP contribution in [0.15, 0.2) is 0 Å². The Morgan fingerprint density at radius 3 is 2.42 bits per heavy atom. The van der Waals surface area contributed by atoms with Crippen molar-refractivity contribution in [3.8, 4) is 0 Å². The summed E-state index contributed by atoms with van der Waals surface area (Å²) in [5.41, 5.74) is 0. The van der Waals surface area contributed by atoms with E-state index in [1.807, 2.05) is 0 Å². The summed E-state index contributed by atoms with van der Waals surface area (Å²) in [6, 6.07) is 0.593. The largest absolute Gasteiger partial charge is 0.339 e. The highest BCUT2D eigenvalue weighted by molar-refractivity contribution is 9.09. The van der Waals surface area contributed by atoms with Gasteiger partial charge in [0.15, 0.2) is 0 Å². The second kappa shape index (κ2) is 3.36. The van der Waals surface area contributed by atoms with Gasteiger partial charge in [-0.25, -0.2) is 0 Å². The molecule has 2 aliphatic rings. The van der Waals surface area contributed by atoms with Gasteiger partial charge in [-0.05, 0) is 25.7 Å². The average molecular weight is 232 g/mol. The van der Waals surface area contributed by atoms with Crippen LogP contribution in [0.3, 0.4) is 0 Å². The van der Waals surface area contributed by atoms with Gasteiger partial charge in [0.25, 0.3) is 0 Å². The van der Waals surface area contributed by atoms with E-state index in [-0.39, 0.29) is 0 Å². The molecule has 68 valence electrons. The lowest BCUT2D eigenvalue weighted by atomic mass is 10.3. The van der Waals surface area contributed by atoms with Gasteiger partial charge in [-0.1, -0.05) is 15.9 Å². The monoisotopic (exact) mass is 231 g/mol. The number of halogens is 1. The molecule has 2 saturated carbocycles. The van der Waals surface area contributed by atoms with Gasteiger partial charge < -0.3 is 4.90 Å². The lowest BCUT2D eigenvalue weighted by molar-refractivity contribution is -0.132. The fourth-order valence-corrected chi connectivity index (χ4v) is 1.90. The summed E-state index contributed by atoms with van der Waals surface area (Å²) >= 11 is 3.39.